The topological polar surface area (TPSA) is 49.4 Å². The quantitative estimate of drug-likeness (QED) is 0.786. The fourth-order valence-corrected chi connectivity index (χ4v) is 2.31. The number of carbonyl (C=O) groups is 2. The zero-order chi connectivity index (χ0) is 17.5. The van der Waals surface area contributed by atoms with Gasteiger partial charge in [-0.1, -0.05) is 29.8 Å². The van der Waals surface area contributed by atoms with Gasteiger partial charge in [0.1, 0.15) is 0 Å². The summed E-state index contributed by atoms with van der Waals surface area (Å²) in [6.45, 7) is 7.98. The van der Waals surface area contributed by atoms with E-state index in [2.05, 4.69) is 36.5 Å². The van der Waals surface area contributed by atoms with E-state index in [9.17, 15) is 9.59 Å². The predicted molar refractivity (Wildman–Crippen MR) is 94.3 cm³/mol. The van der Waals surface area contributed by atoms with E-state index in [1.807, 2.05) is 20.8 Å². The molecule has 4 heteroatoms. The minimum Gasteiger partial charge on any atom is -0.350 e. The highest BCUT2D eigenvalue weighted by Gasteiger charge is 2.17. The molecule has 0 saturated carbocycles. The molecule has 0 aliphatic heterocycles. The van der Waals surface area contributed by atoms with Crippen molar-refractivity contribution in [3.63, 3.8) is 0 Å². The van der Waals surface area contributed by atoms with E-state index in [0.29, 0.717) is 6.42 Å². The van der Waals surface area contributed by atoms with Crippen molar-refractivity contribution < 1.29 is 9.59 Å². The van der Waals surface area contributed by atoms with Crippen molar-refractivity contribution in [2.75, 3.05) is 13.6 Å². The maximum absolute atomic E-state index is 12.0. The standard InChI is InChI=1S/C19H30N2O2/c1-15-10-12-16(13-11-15)8-6-7-9-18(23)21(5)14-17(22)20-19(2,3)4/h10-13H,6-9,14H2,1-5H3,(H,20,22). The van der Waals surface area contributed by atoms with Crippen LogP contribution in [0, 0.1) is 6.92 Å². The van der Waals surface area contributed by atoms with Gasteiger partial charge in [-0.25, -0.2) is 0 Å². The van der Waals surface area contributed by atoms with Crippen LogP contribution in [0.1, 0.15) is 51.2 Å². The first-order chi connectivity index (χ1) is 10.7. The summed E-state index contributed by atoms with van der Waals surface area (Å²) in [5, 5.41) is 2.87. The Hall–Kier alpha value is -1.84. The van der Waals surface area contributed by atoms with Crippen molar-refractivity contribution in [2.24, 2.45) is 0 Å². The first-order valence-electron chi connectivity index (χ1n) is 8.28. The zero-order valence-corrected chi connectivity index (χ0v) is 15.1. The normalized spacial score (nSPS) is 11.2. The highest BCUT2D eigenvalue weighted by atomic mass is 16.2. The summed E-state index contributed by atoms with van der Waals surface area (Å²) in [4.78, 5) is 25.4. The van der Waals surface area contributed by atoms with Gasteiger partial charge < -0.3 is 10.2 Å². The lowest BCUT2D eigenvalue weighted by Crippen LogP contribution is -2.46. The molecule has 4 nitrogen and oxygen atoms in total. The molecule has 0 bridgehead atoms. The van der Waals surface area contributed by atoms with Gasteiger partial charge in [0.2, 0.25) is 11.8 Å². The second-order valence-corrected chi connectivity index (χ2v) is 7.24. The van der Waals surface area contributed by atoms with Crippen LogP contribution in [0.4, 0.5) is 0 Å². The van der Waals surface area contributed by atoms with Crippen molar-refractivity contribution in [2.45, 2.75) is 58.9 Å². The van der Waals surface area contributed by atoms with Crippen LogP contribution in [0.2, 0.25) is 0 Å². The molecule has 0 unspecified atom stereocenters. The fourth-order valence-electron chi connectivity index (χ4n) is 2.31. The van der Waals surface area contributed by atoms with Gasteiger partial charge >= 0.3 is 0 Å². The van der Waals surface area contributed by atoms with E-state index >= 15 is 0 Å². The van der Waals surface area contributed by atoms with Crippen LogP contribution in [0.5, 0.6) is 0 Å². The summed E-state index contributed by atoms with van der Waals surface area (Å²) in [5.41, 5.74) is 2.30. The lowest BCUT2D eigenvalue weighted by Gasteiger charge is -2.23. The maximum atomic E-state index is 12.0. The Morgan fingerprint density at radius 1 is 1.09 bits per heavy atom. The van der Waals surface area contributed by atoms with E-state index in [0.717, 1.165) is 19.3 Å². The van der Waals surface area contributed by atoms with Gasteiger partial charge in [0.05, 0.1) is 6.54 Å². The van der Waals surface area contributed by atoms with Crippen molar-refractivity contribution in [1.82, 2.24) is 10.2 Å². The molecule has 0 saturated heterocycles. The van der Waals surface area contributed by atoms with Gasteiger partial charge in [-0.2, -0.15) is 0 Å². The number of nitrogens with zero attached hydrogens (tertiary/aromatic N) is 1. The molecule has 0 spiro atoms. The van der Waals surface area contributed by atoms with E-state index < -0.39 is 0 Å². The van der Waals surface area contributed by atoms with E-state index in [-0.39, 0.29) is 23.9 Å². The highest BCUT2D eigenvalue weighted by Crippen LogP contribution is 2.09. The molecule has 0 aliphatic carbocycles. The van der Waals surface area contributed by atoms with Crippen molar-refractivity contribution in [3.8, 4) is 0 Å². The molecule has 0 radical (unpaired) electrons. The third kappa shape index (κ3) is 8.38. The highest BCUT2D eigenvalue weighted by molar-refractivity contribution is 5.84. The molecule has 0 atom stereocenters. The van der Waals surface area contributed by atoms with E-state index in [1.165, 1.54) is 16.0 Å². The summed E-state index contributed by atoms with van der Waals surface area (Å²) in [5.74, 6) is -0.0917. The molecule has 1 aromatic rings. The van der Waals surface area contributed by atoms with Crippen LogP contribution >= 0.6 is 0 Å². The van der Waals surface area contributed by atoms with Crippen molar-refractivity contribution >= 4 is 11.8 Å². The van der Waals surface area contributed by atoms with Gasteiger partial charge in [-0.05, 0) is 52.5 Å². The molecular formula is C19H30N2O2. The molecule has 1 aromatic carbocycles. The molecule has 0 aromatic heterocycles. The molecule has 23 heavy (non-hydrogen) atoms. The molecule has 128 valence electrons. The largest absolute Gasteiger partial charge is 0.350 e. The Morgan fingerprint density at radius 2 is 1.70 bits per heavy atom. The summed E-state index contributed by atoms with van der Waals surface area (Å²) in [7, 11) is 1.69. The average Bonchev–Trinajstić information content (AvgIpc) is 2.43. The first kappa shape index (κ1) is 19.2. The van der Waals surface area contributed by atoms with E-state index in [4.69, 9.17) is 0 Å². The Balaban J connectivity index is 2.25. The molecule has 0 fully saturated rings. The third-order valence-corrected chi connectivity index (χ3v) is 3.55. The second kappa shape index (κ2) is 8.70. The number of unbranched alkanes of at least 4 members (excludes halogenated alkanes) is 1. The molecule has 1 rings (SSSR count). The second-order valence-electron chi connectivity index (χ2n) is 7.24. The SMILES string of the molecule is Cc1ccc(CCCCC(=O)N(C)CC(=O)NC(C)(C)C)cc1. The smallest absolute Gasteiger partial charge is 0.240 e. The Kier molecular flexibility index (Phi) is 7.27. The van der Waals surface area contributed by atoms with Crippen LogP contribution in [-0.2, 0) is 16.0 Å². The Labute approximate surface area is 140 Å². The summed E-state index contributed by atoms with van der Waals surface area (Å²) < 4.78 is 0. The lowest BCUT2D eigenvalue weighted by atomic mass is 10.1. The van der Waals surface area contributed by atoms with Crippen LogP contribution in [0.15, 0.2) is 24.3 Å². The molecule has 0 heterocycles. The Bertz CT molecular complexity index is 515. The number of aryl methyl sites for hydroxylation is 2. The van der Waals surface area contributed by atoms with Crippen molar-refractivity contribution in [3.05, 3.63) is 35.4 Å². The van der Waals surface area contributed by atoms with Crippen LogP contribution in [0.25, 0.3) is 0 Å². The van der Waals surface area contributed by atoms with Crippen LogP contribution in [0.3, 0.4) is 0 Å². The number of likely N-dealkylation sites (N-methyl/N-ethyl adjacent to an activating group) is 1. The third-order valence-electron chi connectivity index (χ3n) is 3.55. The predicted octanol–water partition coefficient (Wildman–Crippen LogP) is 3.08. The minimum absolute atomic E-state index is 0.0259. The summed E-state index contributed by atoms with van der Waals surface area (Å²) in [6, 6.07) is 8.50. The monoisotopic (exact) mass is 318 g/mol. The number of carbonyl (C=O) groups excluding carboxylic acids is 2. The van der Waals surface area contributed by atoms with Gasteiger partial charge in [0.15, 0.2) is 0 Å². The fraction of sp³-hybridized carbons (Fsp3) is 0.579. The van der Waals surface area contributed by atoms with Gasteiger partial charge in [0, 0.05) is 19.0 Å². The maximum Gasteiger partial charge on any atom is 0.240 e. The van der Waals surface area contributed by atoms with Crippen LogP contribution < -0.4 is 5.32 Å². The Morgan fingerprint density at radius 3 is 2.26 bits per heavy atom. The van der Waals surface area contributed by atoms with Gasteiger partial charge in [0.25, 0.3) is 0 Å². The summed E-state index contributed by atoms with van der Waals surface area (Å²) >= 11 is 0. The number of benzene rings is 1. The van der Waals surface area contributed by atoms with Crippen LogP contribution in [-0.4, -0.2) is 35.8 Å². The average molecular weight is 318 g/mol. The van der Waals surface area contributed by atoms with Gasteiger partial charge in [-0.3, -0.25) is 9.59 Å². The van der Waals surface area contributed by atoms with Crippen molar-refractivity contribution in [1.29, 1.82) is 0 Å². The number of nitrogens with one attached hydrogen (secondary N) is 1. The lowest BCUT2D eigenvalue weighted by molar-refractivity contribution is -0.135. The van der Waals surface area contributed by atoms with Gasteiger partial charge in [-0.15, -0.1) is 0 Å². The first-order valence-corrected chi connectivity index (χ1v) is 8.28. The summed E-state index contributed by atoms with van der Waals surface area (Å²) in [6.07, 6.45) is 3.31. The number of amides is 2. The number of rotatable bonds is 7. The minimum atomic E-state index is -0.269. The number of hydrogen-bond donors (Lipinski definition) is 1. The molecule has 2 amide bonds. The number of hydrogen-bond acceptors (Lipinski definition) is 2. The zero-order valence-electron chi connectivity index (χ0n) is 15.1. The molecule has 1 N–H and O–H groups in total. The molecule has 0 aliphatic rings. The molecular weight excluding hydrogens is 288 g/mol. The van der Waals surface area contributed by atoms with E-state index in [1.54, 1.807) is 7.05 Å².